The first-order chi connectivity index (χ1) is 13.1. The van der Waals surface area contributed by atoms with Gasteiger partial charge in [-0.15, -0.1) is 0 Å². The molecule has 0 amide bonds. The van der Waals surface area contributed by atoms with E-state index in [1.807, 2.05) is 36.4 Å². The molecule has 5 nitrogen and oxygen atoms in total. The highest BCUT2D eigenvalue weighted by atomic mass is 35.5. The number of benzene rings is 2. The smallest absolute Gasteiger partial charge is 0.356 e. The summed E-state index contributed by atoms with van der Waals surface area (Å²) in [6.07, 6.45) is 0. The Morgan fingerprint density at radius 1 is 0.926 bits per heavy atom. The second kappa shape index (κ2) is 7.02. The van der Waals surface area contributed by atoms with E-state index in [0.717, 1.165) is 11.1 Å². The maximum Gasteiger partial charge on any atom is 0.356 e. The molecule has 4 rings (SSSR count). The van der Waals surface area contributed by atoms with Crippen molar-refractivity contribution in [1.82, 2.24) is 14.6 Å². The van der Waals surface area contributed by atoms with Crippen LogP contribution in [0, 0.1) is 0 Å². The predicted octanol–water partition coefficient (Wildman–Crippen LogP) is 5.16. The molecule has 134 valence electrons. The topological polar surface area (TPSA) is 56.5 Å². The van der Waals surface area contributed by atoms with Gasteiger partial charge in [0.15, 0.2) is 11.3 Å². The third-order valence-corrected chi connectivity index (χ3v) is 4.85. The van der Waals surface area contributed by atoms with Crippen molar-refractivity contribution >= 4 is 34.8 Å². The lowest BCUT2D eigenvalue weighted by Gasteiger charge is -2.07. The van der Waals surface area contributed by atoms with Gasteiger partial charge in [0.1, 0.15) is 0 Å². The molecule has 0 bridgehead atoms. The summed E-state index contributed by atoms with van der Waals surface area (Å²) in [7, 11) is 1.33. The molecule has 0 radical (unpaired) electrons. The van der Waals surface area contributed by atoms with Crippen LogP contribution in [-0.4, -0.2) is 27.7 Å². The number of hydrogen-bond acceptors (Lipinski definition) is 4. The molecule has 0 saturated heterocycles. The number of ether oxygens (including phenoxy) is 1. The molecule has 0 spiro atoms. The molecular weight excluding hydrogens is 385 g/mol. The van der Waals surface area contributed by atoms with Crippen molar-refractivity contribution in [3.63, 3.8) is 0 Å². The fourth-order valence-electron chi connectivity index (χ4n) is 2.78. The quantitative estimate of drug-likeness (QED) is 0.448. The maximum absolute atomic E-state index is 12.3. The van der Waals surface area contributed by atoms with Crippen LogP contribution < -0.4 is 0 Å². The van der Waals surface area contributed by atoms with Gasteiger partial charge in [0.25, 0.3) is 0 Å². The Balaban J connectivity index is 1.94. The Kier molecular flexibility index (Phi) is 4.56. The first-order valence-electron chi connectivity index (χ1n) is 8.07. The Morgan fingerprint density at radius 2 is 1.70 bits per heavy atom. The highest BCUT2D eigenvalue weighted by Gasteiger charge is 2.17. The maximum atomic E-state index is 12.3. The zero-order valence-electron chi connectivity index (χ0n) is 14.2. The normalized spacial score (nSPS) is 10.9. The Labute approximate surface area is 165 Å². The third-order valence-electron chi connectivity index (χ3n) is 4.11. The minimum atomic E-state index is -0.508. The van der Waals surface area contributed by atoms with Crippen LogP contribution in [0.1, 0.15) is 10.5 Å². The lowest BCUT2D eigenvalue weighted by atomic mass is 10.1. The van der Waals surface area contributed by atoms with E-state index in [9.17, 15) is 4.79 Å². The van der Waals surface area contributed by atoms with Gasteiger partial charge in [0.2, 0.25) is 0 Å². The van der Waals surface area contributed by atoms with E-state index in [2.05, 4.69) is 10.1 Å². The zero-order valence-corrected chi connectivity index (χ0v) is 15.7. The van der Waals surface area contributed by atoms with Crippen LogP contribution in [0.3, 0.4) is 0 Å². The largest absolute Gasteiger partial charge is 0.464 e. The number of esters is 1. The minimum Gasteiger partial charge on any atom is -0.464 e. The summed E-state index contributed by atoms with van der Waals surface area (Å²) in [6, 6.07) is 18.3. The summed E-state index contributed by atoms with van der Waals surface area (Å²) in [4.78, 5) is 17.0. The van der Waals surface area contributed by atoms with Crippen LogP contribution in [0.25, 0.3) is 28.2 Å². The Hall–Kier alpha value is -2.89. The molecule has 2 aromatic carbocycles. The molecule has 0 aliphatic heterocycles. The van der Waals surface area contributed by atoms with Crippen molar-refractivity contribution in [3.05, 3.63) is 76.4 Å². The second-order valence-corrected chi connectivity index (χ2v) is 6.63. The van der Waals surface area contributed by atoms with Crippen molar-refractivity contribution in [2.45, 2.75) is 0 Å². The molecule has 0 N–H and O–H groups in total. The van der Waals surface area contributed by atoms with E-state index in [0.29, 0.717) is 27.1 Å². The summed E-state index contributed by atoms with van der Waals surface area (Å²) < 4.78 is 6.40. The molecule has 0 aliphatic rings. The van der Waals surface area contributed by atoms with Gasteiger partial charge in [-0.1, -0.05) is 59.6 Å². The molecule has 0 saturated carbocycles. The monoisotopic (exact) mass is 397 g/mol. The van der Waals surface area contributed by atoms with Crippen LogP contribution in [-0.2, 0) is 4.74 Å². The van der Waals surface area contributed by atoms with E-state index in [-0.39, 0.29) is 5.69 Å². The number of fused-ring (bicyclic) bond motifs is 1. The van der Waals surface area contributed by atoms with Crippen molar-refractivity contribution in [3.8, 4) is 22.5 Å². The van der Waals surface area contributed by atoms with E-state index < -0.39 is 5.97 Å². The highest BCUT2D eigenvalue weighted by molar-refractivity contribution is 6.42. The molecule has 7 heteroatoms. The fourth-order valence-corrected chi connectivity index (χ4v) is 3.08. The highest BCUT2D eigenvalue weighted by Crippen LogP contribution is 2.29. The van der Waals surface area contributed by atoms with Crippen LogP contribution in [0.5, 0.6) is 0 Å². The van der Waals surface area contributed by atoms with Crippen molar-refractivity contribution in [2.75, 3.05) is 7.11 Å². The predicted molar refractivity (Wildman–Crippen MR) is 105 cm³/mol. The lowest BCUT2D eigenvalue weighted by molar-refractivity contribution is 0.0590. The molecule has 27 heavy (non-hydrogen) atoms. The van der Waals surface area contributed by atoms with Gasteiger partial charge in [-0.2, -0.15) is 5.10 Å². The summed E-state index contributed by atoms with van der Waals surface area (Å²) in [5.41, 5.74) is 3.73. The van der Waals surface area contributed by atoms with Gasteiger partial charge >= 0.3 is 5.97 Å². The van der Waals surface area contributed by atoms with E-state index in [1.165, 1.54) is 11.6 Å². The third kappa shape index (κ3) is 3.27. The molecule has 2 aromatic heterocycles. The summed E-state index contributed by atoms with van der Waals surface area (Å²) >= 11 is 12.1. The first kappa shape index (κ1) is 17.5. The molecular formula is C20H13Cl2N3O2. The summed E-state index contributed by atoms with van der Waals surface area (Å²) in [6.45, 7) is 0. The number of nitrogens with zero attached hydrogens (tertiary/aromatic N) is 3. The van der Waals surface area contributed by atoms with Gasteiger partial charge < -0.3 is 4.74 Å². The molecule has 0 atom stereocenters. The Bertz CT molecular complexity index is 1160. The molecule has 2 heterocycles. The Morgan fingerprint density at radius 3 is 2.41 bits per heavy atom. The lowest BCUT2D eigenvalue weighted by Crippen LogP contribution is -2.10. The first-order valence-corrected chi connectivity index (χ1v) is 8.82. The molecule has 0 fully saturated rings. The van der Waals surface area contributed by atoms with Crippen LogP contribution in [0.4, 0.5) is 0 Å². The number of halogens is 2. The van der Waals surface area contributed by atoms with Crippen LogP contribution >= 0.6 is 23.2 Å². The van der Waals surface area contributed by atoms with Gasteiger partial charge in [-0.05, 0) is 18.2 Å². The average Bonchev–Trinajstić information content (AvgIpc) is 3.13. The number of methoxy groups -OCH3 is 1. The average molecular weight is 398 g/mol. The van der Waals surface area contributed by atoms with Gasteiger partial charge in [0, 0.05) is 17.2 Å². The number of aromatic nitrogens is 3. The fraction of sp³-hybridized carbons (Fsp3) is 0.0500. The SMILES string of the molecule is COC(=O)c1cc(-c2ccc(Cl)c(Cl)c2)nc2cc(-c3ccccc3)nn12. The molecule has 0 aliphatic carbocycles. The van der Waals surface area contributed by atoms with Crippen molar-refractivity contribution in [1.29, 1.82) is 0 Å². The number of rotatable bonds is 3. The van der Waals surface area contributed by atoms with Gasteiger partial charge in [-0.3, -0.25) is 0 Å². The molecule has 4 aromatic rings. The van der Waals surface area contributed by atoms with E-state index in [1.54, 1.807) is 24.3 Å². The van der Waals surface area contributed by atoms with Crippen molar-refractivity contribution in [2.24, 2.45) is 0 Å². The van der Waals surface area contributed by atoms with Crippen molar-refractivity contribution < 1.29 is 9.53 Å². The zero-order chi connectivity index (χ0) is 19.0. The van der Waals surface area contributed by atoms with Gasteiger partial charge in [0.05, 0.1) is 28.5 Å². The number of carbonyl (C=O) groups excluding carboxylic acids is 1. The summed E-state index contributed by atoms with van der Waals surface area (Å²) in [5.74, 6) is -0.508. The number of hydrogen-bond donors (Lipinski definition) is 0. The van der Waals surface area contributed by atoms with Crippen LogP contribution in [0.2, 0.25) is 10.0 Å². The second-order valence-electron chi connectivity index (χ2n) is 5.81. The molecule has 0 unspecified atom stereocenters. The number of carbonyl (C=O) groups is 1. The van der Waals surface area contributed by atoms with E-state index in [4.69, 9.17) is 27.9 Å². The van der Waals surface area contributed by atoms with Crippen LogP contribution in [0.15, 0.2) is 60.7 Å². The summed E-state index contributed by atoms with van der Waals surface area (Å²) in [5, 5.41) is 5.39. The van der Waals surface area contributed by atoms with Gasteiger partial charge in [-0.25, -0.2) is 14.3 Å². The van der Waals surface area contributed by atoms with E-state index >= 15 is 0 Å². The standard InChI is InChI=1S/C20H13Cl2N3O2/c1-27-20(26)18-10-16(13-7-8-14(21)15(22)9-13)23-19-11-17(24-25(18)19)12-5-3-2-4-6-12/h2-11H,1H3. The minimum absolute atomic E-state index is 0.269.